The Labute approximate surface area is 145 Å². The Morgan fingerprint density at radius 2 is 1.91 bits per heavy atom. The molecule has 0 atom stereocenters. The predicted octanol–water partition coefficient (Wildman–Crippen LogP) is 3.26. The number of fused-ring (bicyclic) bond motifs is 1. The molecule has 122 valence electrons. The number of hydrogen-bond acceptors (Lipinski definition) is 3. The summed E-state index contributed by atoms with van der Waals surface area (Å²) in [6, 6.07) is 13.6. The topological polar surface area (TPSA) is 40.6 Å². The molecule has 0 spiro atoms. The molecule has 0 N–H and O–H groups in total. The second kappa shape index (κ2) is 6.26. The largest absolute Gasteiger partial charge is 0.367 e. The molecule has 0 fully saturated rings. The predicted molar refractivity (Wildman–Crippen MR) is 96.2 cm³/mol. The Hall–Kier alpha value is -1.37. The van der Waals surface area contributed by atoms with Crippen molar-refractivity contribution < 1.29 is 8.42 Å². The van der Waals surface area contributed by atoms with Gasteiger partial charge >= 0.3 is 0 Å². The van der Waals surface area contributed by atoms with Crippen LogP contribution in [0.4, 0.5) is 5.69 Å². The van der Waals surface area contributed by atoms with Gasteiger partial charge in [-0.2, -0.15) is 0 Å². The molecular weight excluding hydrogens is 376 g/mol. The molecule has 2 aromatic rings. The third kappa shape index (κ3) is 3.16. The van der Waals surface area contributed by atoms with E-state index in [2.05, 4.69) is 26.9 Å². The van der Waals surface area contributed by atoms with Gasteiger partial charge in [0.25, 0.3) is 0 Å². The van der Waals surface area contributed by atoms with Crippen molar-refractivity contribution >= 4 is 31.6 Å². The van der Waals surface area contributed by atoms with Gasteiger partial charge in [0.1, 0.15) is 0 Å². The Kier molecular flexibility index (Phi) is 4.49. The van der Waals surface area contributed by atoms with Crippen LogP contribution < -0.4 is 4.90 Å². The van der Waals surface area contributed by atoms with Crippen LogP contribution in [0, 0.1) is 0 Å². The van der Waals surface area contributed by atoms with Crippen molar-refractivity contribution in [3.63, 3.8) is 0 Å². The van der Waals surface area contributed by atoms with Crippen LogP contribution >= 0.6 is 15.9 Å². The van der Waals surface area contributed by atoms with E-state index in [0.29, 0.717) is 4.90 Å². The van der Waals surface area contributed by atoms with Gasteiger partial charge in [0.05, 0.1) is 4.90 Å². The molecule has 0 saturated carbocycles. The van der Waals surface area contributed by atoms with Crippen molar-refractivity contribution in [2.45, 2.75) is 17.9 Å². The summed E-state index contributed by atoms with van der Waals surface area (Å²) < 4.78 is 26.9. The minimum atomic E-state index is -3.37. The van der Waals surface area contributed by atoms with E-state index in [1.165, 1.54) is 9.87 Å². The van der Waals surface area contributed by atoms with Gasteiger partial charge in [0.2, 0.25) is 10.0 Å². The minimum Gasteiger partial charge on any atom is -0.367 e. The zero-order chi connectivity index (χ0) is 16.6. The molecule has 1 aliphatic rings. The summed E-state index contributed by atoms with van der Waals surface area (Å²) in [5.74, 6) is 0. The van der Waals surface area contributed by atoms with E-state index in [0.717, 1.165) is 35.2 Å². The maximum absolute atomic E-state index is 12.3. The van der Waals surface area contributed by atoms with Gasteiger partial charge in [-0.25, -0.2) is 12.7 Å². The maximum atomic E-state index is 12.3. The number of rotatable bonds is 4. The average Bonchev–Trinajstić information content (AvgIpc) is 2.92. The highest BCUT2D eigenvalue weighted by Gasteiger charge is 2.24. The molecule has 4 nitrogen and oxygen atoms in total. The van der Waals surface area contributed by atoms with Crippen LogP contribution in [0.15, 0.2) is 51.8 Å². The van der Waals surface area contributed by atoms with E-state index >= 15 is 0 Å². The molecular formula is C17H19BrN2O2S. The third-order valence-corrected chi connectivity index (χ3v) is 6.73. The van der Waals surface area contributed by atoms with Crippen LogP contribution in [-0.2, 0) is 23.0 Å². The minimum absolute atomic E-state index is 0.365. The summed E-state index contributed by atoms with van der Waals surface area (Å²) >= 11 is 3.59. The first-order valence-corrected chi connectivity index (χ1v) is 9.67. The number of hydrogen-bond donors (Lipinski definition) is 0. The van der Waals surface area contributed by atoms with Gasteiger partial charge in [0, 0.05) is 37.3 Å². The summed E-state index contributed by atoms with van der Waals surface area (Å²) in [6.07, 6.45) is 0.872. The Morgan fingerprint density at radius 3 is 2.61 bits per heavy atom. The molecule has 0 saturated heterocycles. The van der Waals surface area contributed by atoms with Crippen molar-refractivity contribution in [3.05, 3.63) is 58.1 Å². The van der Waals surface area contributed by atoms with Gasteiger partial charge in [-0.15, -0.1) is 0 Å². The summed E-state index contributed by atoms with van der Waals surface area (Å²) in [4.78, 5) is 2.66. The molecule has 0 bridgehead atoms. The van der Waals surface area contributed by atoms with Gasteiger partial charge in [-0.3, -0.25) is 0 Å². The molecule has 1 aliphatic heterocycles. The highest BCUT2D eigenvalue weighted by molar-refractivity contribution is 9.10. The second-order valence-corrected chi connectivity index (χ2v) is 8.85. The fourth-order valence-corrected chi connectivity index (χ4v) is 4.18. The molecule has 2 aromatic carbocycles. The van der Waals surface area contributed by atoms with Gasteiger partial charge < -0.3 is 4.90 Å². The van der Waals surface area contributed by atoms with E-state index in [1.54, 1.807) is 20.2 Å². The fraction of sp³-hybridized carbons (Fsp3) is 0.294. The van der Waals surface area contributed by atoms with Crippen LogP contribution in [0.5, 0.6) is 0 Å². The summed E-state index contributed by atoms with van der Waals surface area (Å²) in [5.41, 5.74) is 3.45. The van der Waals surface area contributed by atoms with Crippen molar-refractivity contribution in [1.82, 2.24) is 4.31 Å². The van der Waals surface area contributed by atoms with E-state index in [-0.39, 0.29) is 0 Å². The summed E-state index contributed by atoms with van der Waals surface area (Å²) in [5, 5.41) is 0. The van der Waals surface area contributed by atoms with E-state index in [1.807, 2.05) is 30.3 Å². The first kappa shape index (κ1) is 16.5. The lowest BCUT2D eigenvalue weighted by molar-refractivity contribution is 0.520. The van der Waals surface area contributed by atoms with Crippen LogP contribution in [0.1, 0.15) is 11.1 Å². The molecule has 0 aliphatic carbocycles. The quantitative estimate of drug-likeness (QED) is 0.798. The van der Waals surface area contributed by atoms with Crippen molar-refractivity contribution in [1.29, 1.82) is 0 Å². The molecule has 0 amide bonds. The zero-order valence-electron chi connectivity index (χ0n) is 13.2. The lowest BCUT2D eigenvalue weighted by atomic mass is 10.1. The zero-order valence-corrected chi connectivity index (χ0v) is 15.6. The average molecular weight is 395 g/mol. The van der Waals surface area contributed by atoms with Crippen LogP contribution in [0.3, 0.4) is 0 Å². The summed E-state index contributed by atoms with van der Waals surface area (Å²) in [7, 11) is -0.260. The summed E-state index contributed by atoms with van der Waals surface area (Å²) in [6.45, 7) is 1.72. The Bertz CT molecular complexity index is 834. The SMILES string of the molecule is CN(C)S(=O)(=O)c1ccc2c(c1)CCN2Cc1ccccc1Br. The van der Waals surface area contributed by atoms with Gasteiger partial charge in [-0.1, -0.05) is 34.1 Å². The monoisotopic (exact) mass is 394 g/mol. The lowest BCUT2D eigenvalue weighted by Crippen LogP contribution is -2.22. The normalized spacial score (nSPS) is 14.3. The Morgan fingerprint density at radius 1 is 1.17 bits per heavy atom. The van der Waals surface area contributed by atoms with E-state index in [9.17, 15) is 8.42 Å². The number of anilines is 1. The standard InChI is InChI=1S/C17H19BrN2O2S/c1-19(2)23(21,22)15-7-8-17-13(11-15)9-10-20(17)12-14-5-3-4-6-16(14)18/h3-8,11H,9-10,12H2,1-2H3. The maximum Gasteiger partial charge on any atom is 0.242 e. The second-order valence-electron chi connectivity index (χ2n) is 5.84. The van der Waals surface area contributed by atoms with Gasteiger partial charge in [0.15, 0.2) is 0 Å². The number of nitrogens with zero attached hydrogens (tertiary/aromatic N) is 2. The molecule has 6 heteroatoms. The van der Waals surface area contributed by atoms with Crippen molar-refractivity contribution in [3.8, 4) is 0 Å². The molecule has 3 rings (SSSR count). The molecule has 0 radical (unpaired) electrons. The fourth-order valence-electron chi connectivity index (χ4n) is 2.81. The molecule has 0 aromatic heterocycles. The highest BCUT2D eigenvalue weighted by Crippen LogP contribution is 2.32. The smallest absolute Gasteiger partial charge is 0.242 e. The van der Waals surface area contributed by atoms with Crippen molar-refractivity contribution in [2.75, 3.05) is 25.5 Å². The van der Waals surface area contributed by atoms with Gasteiger partial charge in [-0.05, 0) is 41.8 Å². The Balaban J connectivity index is 1.89. The number of benzene rings is 2. The first-order valence-electron chi connectivity index (χ1n) is 7.43. The lowest BCUT2D eigenvalue weighted by Gasteiger charge is -2.20. The first-order chi connectivity index (χ1) is 10.9. The van der Waals surface area contributed by atoms with E-state index < -0.39 is 10.0 Å². The van der Waals surface area contributed by atoms with Crippen LogP contribution in [-0.4, -0.2) is 33.4 Å². The number of sulfonamides is 1. The van der Waals surface area contributed by atoms with Crippen LogP contribution in [0.25, 0.3) is 0 Å². The van der Waals surface area contributed by atoms with Crippen LogP contribution in [0.2, 0.25) is 0 Å². The number of halogens is 1. The van der Waals surface area contributed by atoms with E-state index in [4.69, 9.17) is 0 Å². The molecule has 23 heavy (non-hydrogen) atoms. The van der Waals surface area contributed by atoms with Crippen molar-refractivity contribution in [2.24, 2.45) is 0 Å². The molecule has 0 unspecified atom stereocenters. The third-order valence-electron chi connectivity index (χ3n) is 4.14. The highest BCUT2D eigenvalue weighted by atomic mass is 79.9. The molecule has 1 heterocycles.